The van der Waals surface area contributed by atoms with Crippen LogP contribution in [0.2, 0.25) is 0 Å². The second-order valence-electron chi connectivity index (χ2n) is 4.18. The Kier molecular flexibility index (Phi) is 3.67. The molecule has 0 radical (unpaired) electrons. The number of ether oxygens (including phenoxy) is 1. The van der Waals surface area contributed by atoms with E-state index in [1.165, 1.54) is 12.1 Å². The fraction of sp³-hybridized carbons (Fsp3) is 0.462. The Morgan fingerprint density at radius 3 is 2.44 bits per heavy atom. The SMILES string of the molecule is O=C1CCC(OCc2ccc(F)cc2)CC1. The molecule has 0 aliphatic heterocycles. The lowest BCUT2D eigenvalue weighted by atomic mass is 9.96. The molecule has 0 N–H and O–H groups in total. The van der Waals surface area contributed by atoms with Crippen molar-refractivity contribution >= 4 is 5.78 Å². The highest BCUT2D eigenvalue weighted by Gasteiger charge is 2.18. The Bertz CT molecular complexity index is 349. The Morgan fingerprint density at radius 2 is 1.81 bits per heavy atom. The fourth-order valence-corrected chi connectivity index (χ4v) is 1.87. The average Bonchev–Trinajstić information content (AvgIpc) is 2.30. The van der Waals surface area contributed by atoms with E-state index in [0.29, 0.717) is 25.2 Å². The summed E-state index contributed by atoms with van der Waals surface area (Å²) in [5.41, 5.74) is 0.971. The molecule has 0 amide bonds. The first-order valence-corrected chi connectivity index (χ1v) is 5.62. The summed E-state index contributed by atoms with van der Waals surface area (Å²) in [5, 5.41) is 0. The van der Waals surface area contributed by atoms with Crippen molar-refractivity contribution in [2.75, 3.05) is 0 Å². The van der Waals surface area contributed by atoms with Gasteiger partial charge in [0.2, 0.25) is 0 Å². The van der Waals surface area contributed by atoms with E-state index in [4.69, 9.17) is 4.74 Å². The van der Waals surface area contributed by atoms with Crippen LogP contribution in [0.15, 0.2) is 24.3 Å². The maximum Gasteiger partial charge on any atom is 0.133 e. The van der Waals surface area contributed by atoms with Gasteiger partial charge >= 0.3 is 0 Å². The number of halogens is 1. The van der Waals surface area contributed by atoms with Crippen LogP contribution in [0.5, 0.6) is 0 Å². The van der Waals surface area contributed by atoms with Crippen molar-refractivity contribution in [3.8, 4) is 0 Å². The van der Waals surface area contributed by atoms with E-state index in [9.17, 15) is 9.18 Å². The zero-order valence-electron chi connectivity index (χ0n) is 9.12. The van der Waals surface area contributed by atoms with Gasteiger partial charge in [-0.2, -0.15) is 0 Å². The third kappa shape index (κ3) is 3.14. The largest absolute Gasteiger partial charge is 0.374 e. The second-order valence-corrected chi connectivity index (χ2v) is 4.18. The van der Waals surface area contributed by atoms with Gasteiger partial charge < -0.3 is 4.74 Å². The quantitative estimate of drug-likeness (QED) is 0.786. The smallest absolute Gasteiger partial charge is 0.133 e. The van der Waals surface area contributed by atoms with E-state index >= 15 is 0 Å². The molecule has 1 aromatic rings. The molecule has 2 rings (SSSR count). The van der Waals surface area contributed by atoms with Crippen molar-refractivity contribution in [3.63, 3.8) is 0 Å². The lowest BCUT2D eigenvalue weighted by molar-refractivity contribution is -0.123. The van der Waals surface area contributed by atoms with Crippen LogP contribution >= 0.6 is 0 Å². The van der Waals surface area contributed by atoms with Gasteiger partial charge in [0.25, 0.3) is 0 Å². The van der Waals surface area contributed by atoms with E-state index < -0.39 is 0 Å². The first-order valence-electron chi connectivity index (χ1n) is 5.62. The summed E-state index contributed by atoms with van der Waals surface area (Å²) in [4.78, 5) is 11.0. The number of ketones is 1. The molecule has 2 nitrogen and oxygen atoms in total. The van der Waals surface area contributed by atoms with Crippen molar-refractivity contribution in [1.29, 1.82) is 0 Å². The maximum absolute atomic E-state index is 12.6. The van der Waals surface area contributed by atoms with Gasteiger partial charge in [-0.3, -0.25) is 4.79 Å². The van der Waals surface area contributed by atoms with Gasteiger partial charge in [-0.15, -0.1) is 0 Å². The number of benzene rings is 1. The molecule has 0 saturated heterocycles. The first-order chi connectivity index (χ1) is 7.74. The lowest BCUT2D eigenvalue weighted by Crippen LogP contribution is -2.21. The average molecular weight is 222 g/mol. The van der Waals surface area contributed by atoms with E-state index in [0.717, 1.165) is 18.4 Å². The number of carbonyl (C=O) groups excluding carboxylic acids is 1. The molecule has 0 bridgehead atoms. The molecule has 0 heterocycles. The highest BCUT2D eigenvalue weighted by atomic mass is 19.1. The highest BCUT2D eigenvalue weighted by Crippen LogP contribution is 2.19. The first kappa shape index (κ1) is 11.3. The predicted molar refractivity (Wildman–Crippen MR) is 58.5 cm³/mol. The van der Waals surface area contributed by atoms with Crippen molar-refractivity contribution in [1.82, 2.24) is 0 Å². The van der Waals surface area contributed by atoms with Crippen molar-refractivity contribution in [3.05, 3.63) is 35.6 Å². The molecular weight excluding hydrogens is 207 g/mol. The summed E-state index contributed by atoms with van der Waals surface area (Å²) >= 11 is 0. The highest BCUT2D eigenvalue weighted by molar-refractivity contribution is 5.79. The van der Waals surface area contributed by atoms with Gasteiger partial charge in [-0.25, -0.2) is 4.39 Å². The van der Waals surface area contributed by atoms with Crippen LogP contribution in [0.4, 0.5) is 4.39 Å². The summed E-state index contributed by atoms with van der Waals surface area (Å²) in [5.74, 6) is 0.105. The van der Waals surface area contributed by atoms with Crippen molar-refractivity contribution < 1.29 is 13.9 Å². The minimum absolute atomic E-state index is 0.183. The molecule has 1 aromatic carbocycles. The zero-order chi connectivity index (χ0) is 11.4. The summed E-state index contributed by atoms with van der Waals surface area (Å²) in [6.07, 6.45) is 3.09. The third-order valence-corrected chi connectivity index (χ3v) is 2.89. The van der Waals surface area contributed by atoms with Crippen LogP contribution in [0.3, 0.4) is 0 Å². The standard InChI is InChI=1S/C13H15FO2/c14-11-3-1-10(2-4-11)9-16-13-7-5-12(15)6-8-13/h1-4,13H,5-9H2. The van der Waals surface area contributed by atoms with Gasteiger partial charge in [0.15, 0.2) is 0 Å². The van der Waals surface area contributed by atoms with Gasteiger partial charge in [0, 0.05) is 12.8 Å². The van der Waals surface area contributed by atoms with E-state index in [1.807, 2.05) is 0 Å². The summed E-state index contributed by atoms with van der Waals surface area (Å²) < 4.78 is 18.3. The molecule has 1 saturated carbocycles. The molecule has 0 unspecified atom stereocenters. The summed E-state index contributed by atoms with van der Waals surface area (Å²) in [6.45, 7) is 0.499. The summed E-state index contributed by atoms with van der Waals surface area (Å²) in [6, 6.07) is 6.32. The number of rotatable bonds is 3. The van der Waals surface area contributed by atoms with E-state index in [1.54, 1.807) is 12.1 Å². The molecule has 86 valence electrons. The third-order valence-electron chi connectivity index (χ3n) is 2.89. The molecule has 16 heavy (non-hydrogen) atoms. The number of hydrogen-bond donors (Lipinski definition) is 0. The Balaban J connectivity index is 1.79. The van der Waals surface area contributed by atoms with Crippen LogP contribution in [-0.4, -0.2) is 11.9 Å². The molecule has 0 spiro atoms. The molecule has 1 fully saturated rings. The summed E-state index contributed by atoms with van der Waals surface area (Å²) in [7, 11) is 0. The van der Waals surface area contributed by atoms with Crippen molar-refractivity contribution in [2.45, 2.75) is 38.4 Å². The maximum atomic E-state index is 12.6. The molecule has 3 heteroatoms. The van der Waals surface area contributed by atoms with Gasteiger partial charge in [0.1, 0.15) is 11.6 Å². The Hall–Kier alpha value is -1.22. The van der Waals surface area contributed by atoms with Crippen LogP contribution in [-0.2, 0) is 16.1 Å². The lowest BCUT2D eigenvalue weighted by Gasteiger charge is -2.21. The number of carbonyl (C=O) groups is 1. The van der Waals surface area contributed by atoms with Crippen LogP contribution < -0.4 is 0 Å². The molecule has 0 atom stereocenters. The van der Waals surface area contributed by atoms with E-state index in [2.05, 4.69) is 0 Å². The molecule has 1 aliphatic rings. The normalized spacial score (nSPS) is 17.7. The number of hydrogen-bond acceptors (Lipinski definition) is 2. The minimum atomic E-state index is -0.230. The molecule has 1 aliphatic carbocycles. The topological polar surface area (TPSA) is 26.3 Å². The zero-order valence-corrected chi connectivity index (χ0v) is 9.12. The van der Waals surface area contributed by atoms with Crippen LogP contribution in [0.25, 0.3) is 0 Å². The van der Waals surface area contributed by atoms with Gasteiger partial charge in [0.05, 0.1) is 12.7 Å². The van der Waals surface area contributed by atoms with Gasteiger partial charge in [-0.05, 0) is 30.5 Å². The van der Waals surface area contributed by atoms with Crippen LogP contribution in [0.1, 0.15) is 31.2 Å². The Morgan fingerprint density at radius 1 is 1.19 bits per heavy atom. The Labute approximate surface area is 94.4 Å². The van der Waals surface area contributed by atoms with E-state index in [-0.39, 0.29) is 11.9 Å². The monoisotopic (exact) mass is 222 g/mol. The fourth-order valence-electron chi connectivity index (χ4n) is 1.87. The van der Waals surface area contributed by atoms with Gasteiger partial charge in [-0.1, -0.05) is 12.1 Å². The van der Waals surface area contributed by atoms with Crippen LogP contribution in [0, 0.1) is 5.82 Å². The number of Topliss-reactive ketones (excluding diaryl/α,β-unsaturated/α-hetero) is 1. The minimum Gasteiger partial charge on any atom is -0.374 e. The predicted octanol–water partition coefficient (Wildman–Crippen LogP) is 2.85. The van der Waals surface area contributed by atoms with Crippen molar-refractivity contribution in [2.24, 2.45) is 0 Å². The second kappa shape index (κ2) is 5.21. The molecule has 0 aromatic heterocycles. The molecular formula is C13H15FO2.